The molecule has 0 radical (unpaired) electrons. The van der Waals surface area contributed by atoms with Crippen molar-refractivity contribution in [2.75, 3.05) is 26.6 Å². The van der Waals surface area contributed by atoms with Crippen LogP contribution in [0.25, 0.3) is 11.3 Å². The number of nitrogens with one attached hydrogen (secondary N) is 2. The Balaban J connectivity index is 1.76. The highest BCUT2D eigenvalue weighted by Gasteiger charge is 2.15. The summed E-state index contributed by atoms with van der Waals surface area (Å²) in [6, 6.07) is 12.2. The van der Waals surface area contributed by atoms with Gasteiger partial charge in [0.15, 0.2) is 11.5 Å². The zero-order valence-corrected chi connectivity index (χ0v) is 15.8. The SMILES string of the molecule is COc1cc(-c2cc(NCc3ccc(C(=O)O)cc3)n[nH]2)cc(OC)c1OC. The molecule has 0 aliphatic heterocycles. The molecule has 3 N–H and O–H groups in total. The fourth-order valence-electron chi connectivity index (χ4n) is 2.75. The summed E-state index contributed by atoms with van der Waals surface area (Å²) < 4.78 is 16.1. The summed E-state index contributed by atoms with van der Waals surface area (Å²) in [5.41, 5.74) is 2.82. The van der Waals surface area contributed by atoms with Crippen molar-refractivity contribution in [1.29, 1.82) is 0 Å². The highest BCUT2D eigenvalue weighted by molar-refractivity contribution is 5.87. The molecule has 1 aromatic heterocycles. The summed E-state index contributed by atoms with van der Waals surface area (Å²) in [7, 11) is 4.69. The van der Waals surface area contributed by atoms with Crippen LogP contribution in [0.15, 0.2) is 42.5 Å². The summed E-state index contributed by atoms with van der Waals surface area (Å²) in [5, 5.41) is 19.4. The predicted molar refractivity (Wildman–Crippen MR) is 104 cm³/mol. The zero-order valence-electron chi connectivity index (χ0n) is 15.8. The molecule has 0 amide bonds. The Morgan fingerprint density at radius 2 is 1.68 bits per heavy atom. The number of benzene rings is 2. The van der Waals surface area contributed by atoms with Crippen LogP contribution in [0.3, 0.4) is 0 Å². The van der Waals surface area contributed by atoms with Gasteiger partial charge in [-0.25, -0.2) is 4.79 Å². The summed E-state index contributed by atoms with van der Waals surface area (Å²) >= 11 is 0. The quantitative estimate of drug-likeness (QED) is 0.547. The van der Waals surface area contributed by atoms with E-state index in [0.29, 0.717) is 29.6 Å². The van der Waals surface area contributed by atoms with Gasteiger partial charge in [-0.15, -0.1) is 0 Å². The summed E-state index contributed by atoms with van der Waals surface area (Å²) in [5.74, 6) is 1.35. The molecule has 0 spiro atoms. The van der Waals surface area contributed by atoms with Gasteiger partial charge in [0.1, 0.15) is 5.82 Å². The van der Waals surface area contributed by atoms with Gasteiger partial charge in [-0.3, -0.25) is 5.10 Å². The van der Waals surface area contributed by atoms with E-state index in [2.05, 4.69) is 15.5 Å². The Kier molecular flexibility index (Phi) is 5.69. The van der Waals surface area contributed by atoms with Gasteiger partial charge in [-0.1, -0.05) is 12.1 Å². The maximum absolute atomic E-state index is 10.9. The first kappa shape index (κ1) is 19.1. The fourth-order valence-corrected chi connectivity index (χ4v) is 2.75. The van der Waals surface area contributed by atoms with Crippen LogP contribution >= 0.6 is 0 Å². The van der Waals surface area contributed by atoms with Crippen LogP contribution in [-0.2, 0) is 6.54 Å². The van der Waals surface area contributed by atoms with E-state index in [1.54, 1.807) is 45.6 Å². The molecule has 3 rings (SSSR count). The molecular formula is C20H21N3O5. The first-order valence-electron chi connectivity index (χ1n) is 8.47. The molecule has 0 unspecified atom stereocenters. The first-order valence-corrected chi connectivity index (χ1v) is 8.47. The molecule has 2 aromatic carbocycles. The van der Waals surface area contributed by atoms with E-state index in [1.807, 2.05) is 18.2 Å². The molecule has 0 fully saturated rings. The second kappa shape index (κ2) is 8.34. The van der Waals surface area contributed by atoms with Crippen molar-refractivity contribution in [2.45, 2.75) is 6.54 Å². The average molecular weight is 383 g/mol. The first-order chi connectivity index (χ1) is 13.5. The van der Waals surface area contributed by atoms with Gasteiger partial charge in [-0.2, -0.15) is 5.10 Å². The van der Waals surface area contributed by atoms with Gasteiger partial charge >= 0.3 is 5.97 Å². The third-order valence-corrected chi connectivity index (χ3v) is 4.23. The van der Waals surface area contributed by atoms with Crippen molar-refractivity contribution in [3.63, 3.8) is 0 Å². The minimum Gasteiger partial charge on any atom is -0.493 e. The second-order valence-corrected chi connectivity index (χ2v) is 5.94. The van der Waals surface area contributed by atoms with Crippen LogP contribution in [0.5, 0.6) is 17.2 Å². The number of hydrogen-bond acceptors (Lipinski definition) is 6. The van der Waals surface area contributed by atoms with Crippen molar-refractivity contribution in [2.24, 2.45) is 0 Å². The molecule has 8 nitrogen and oxygen atoms in total. The van der Waals surface area contributed by atoms with Gasteiger partial charge in [-0.05, 0) is 29.8 Å². The van der Waals surface area contributed by atoms with Crippen LogP contribution in [0, 0.1) is 0 Å². The topological polar surface area (TPSA) is 106 Å². The number of aromatic nitrogens is 2. The number of rotatable bonds is 8. The van der Waals surface area contributed by atoms with Crippen molar-refractivity contribution < 1.29 is 24.1 Å². The van der Waals surface area contributed by atoms with E-state index in [1.165, 1.54) is 0 Å². The lowest BCUT2D eigenvalue weighted by atomic mass is 10.1. The Morgan fingerprint density at radius 1 is 1.04 bits per heavy atom. The molecule has 28 heavy (non-hydrogen) atoms. The maximum atomic E-state index is 10.9. The fraction of sp³-hybridized carbons (Fsp3) is 0.200. The second-order valence-electron chi connectivity index (χ2n) is 5.94. The number of carbonyl (C=O) groups is 1. The number of H-pyrrole nitrogens is 1. The molecule has 1 heterocycles. The normalized spacial score (nSPS) is 10.4. The molecule has 0 saturated heterocycles. The van der Waals surface area contributed by atoms with Crippen LogP contribution in [0.1, 0.15) is 15.9 Å². The van der Waals surface area contributed by atoms with Gasteiger partial charge in [0.05, 0.1) is 32.6 Å². The van der Waals surface area contributed by atoms with Gasteiger partial charge in [0.25, 0.3) is 0 Å². The Hall–Kier alpha value is -3.68. The molecule has 0 bridgehead atoms. The van der Waals surface area contributed by atoms with E-state index in [4.69, 9.17) is 19.3 Å². The largest absolute Gasteiger partial charge is 0.493 e. The highest BCUT2D eigenvalue weighted by Crippen LogP contribution is 2.41. The van der Waals surface area contributed by atoms with Crippen LogP contribution in [-0.4, -0.2) is 42.6 Å². The Labute approximate surface area is 162 Å². The lowest BCUT2D eigenvalue weighted by molar-refractivity contribution is 0.0697. The monoisotopic (exact) mass is 383 g/mol. The lowest BCUT2D eigenvalue weighted by Gasteiger charge is -2.13. The molecule has 0 aliphatic carbocycles. The molecule has 0 atom stereocenters. The van der Waals surface area contributed by atoms with E-state index in [-0.39, 0.29) is 5.56 Å². The van der Waals surface area contributed by atoms with Crippen LogP contribution < -0.4 is 19.5 Å². The third kappa shape index (κ3) is 4.01. The van der Waals surface area contributed by atoms with Crippen molar-refractivity contribution in [1.82, 2.24) is 10.2 Å². The Bertz CT molecular complexity index is 941. The standard InChI is InChI=1S/C20H21N3O5/c1-26-16-8-14(9-17(27-2)19(16)28-3)15-10-18(23-22-15)21-11-12-4-6-13(7-5-12)20(24)25/h4-10H,11H2,1-3H3,(H,24,25)(H2,21,22,23). The highest BCUT2D eigenvalue weighted by atomic mass is 16.5. The number of aromatic amines is 1. The lowest BCUT2D eigenvalue weighted by Crippen LogP contribution is -2.01. The minimum atomic E-state index is -0.943. The molecule has 3 aromatic rings. The minimum absolute atomic E-state index is 0.258. The van der Waals surface area contributed by atoms with E-state index in [0.717, 1.165) is 16.8 Å². The Morgan fingerprint density at radius 3 is 2.21 bits per heavy atom. The molecule has 0 saturated carbocycles. The molecule has 146 valence electrons. The maximum Gasteiger partial charge on any atom is 0.335 e. The number of methoxy groups -OCH3 is 3. The van der Waals surface area contributed by atoms with Gasteiger partial charge in [0, 0.05) is 18.2 Å². The summed E-state index contributed by atoms with van der Waals surface area (Å²) in [6.07, 6.45) is 0. The number of nitrogens with zero attached hydrogens (tertiary/aromatic N) is 1. The third-order valence-electron chi connectivity index (χ3n) is 4.23. The number of carboxylic acid groups (broad SMARTS) is 1. The summed E-state index contributed by atoms with van der Waals surface area (Å²) in [6.45, 7) is 0.513. The van der Waals surface area contributed by atoms with Crippen molar-refractivity contribution >= 4 is 11.8 Å². The number of anilines is 1. The molecule has 8 heteroatoms. The number of carboxylic acids is 1. The number of ether oxygens (including phenoxy) is 3. The number of hydrogen-bond donors (Lipinski definition) is 3. The van der Waals surface area contributed by atoms with Crippen molar-refractivity contribution in [3.05, 3.63) is 53.6 Å². The van der Waals surface area contributed by atoms with E-state index < -0.39 is 5.97 Å². The van der Waals surface area contributed by atoms with Crippen LogP contribution in [0.4, 0.5) is 5.82 Å². The van der Waals surface area contributed by atoms with Gasteiger partial charge < -0.3 is 24.6 Å². The smallest absolute Gasteiger partial charge is 0.335 e. The predicted octanol–water partition coefficient (Wildman–Crippen LogP) is 3.41. The number of aromatic carboxylic acids is 1. The molecule has 0 aliphatic rings. The van der Waals surface area contributed by atoms with Crippen molar-refractivity contribution in [3.8, 4) is 28.5 Å². The van der Waals surface area contributed by atoms with Gasteiger partial charge in [0.2, 0.25) is 5.75 Å². The summed E-state index contributed by atoms with van der Waals surface area (Å²) in [4.78, 5) is 10.9. The zero-order chi connectivity index (χ0) is 20.1. The van der Waals surface area contributed by atoms with E-state index in [9.17, 15) is 4.79 Å². The van der Waals surface area contributed by atoms with Crippen LogP contribution in [0.2, 0.25) is 0 Å². The van der Waals surface area contributed by atoms with E-state index >= 15 is 0 Å². The average Bonchev–Trinajstić information content (AvgIpc) is 3.20. The molecular weight excluding hydrogens is 362 g/mol.